The molecule has 8 aromatic carbocycles. The molecule has 15 nitrogen and oxygen atoms in total. The molecule has 0 saturated carbocycles. The molecule has 0 spiro atoms. The lowest BCUT2D eigenvalue weighted by Crippen LogP contribution is -2.44. The predicted octanol–water partition coefficient (Wildman–Crippen LogP) is 23.5. The molecule has 5 aliphatic heterocycles. The van der Waals surface area contributed by atoms with Crippen LogP contribution in [-0.2, 0) is 90.7 Å². The van der Waals surface area contributed by atoms with Gasteiger partial charge in [0, 0.05) is 146 Å². The van der Waals surface area contributed by atoms with Crippen LogP contribution in [0.25, 0.3) is 44.5 Å². The van der Waals surface area contributed by atoms with Gasteiger partial charge in [-0.25, -0.2) is 54.5 Å². The van der Waals surface area contributed by atoms with Crippen molar-refractivity contribution in [1.82, 2.24) is 46.1 Å². The minimum Gasteiger partial charge on any atom is -0.481 e. The maximum absolute atomic E-state index is 14.6. The lowest BCUT2D eigenvalue weighted by Gasteiger charge is -2.38. The van der Waals surface area contributed by atoms with E-state index in [1.165, 1.54) is 65.9 Å². The number of hydrogen-bond acceptors (Lipinski definition) is 15. The van der Waals surface area contributed by atoms with Crippen molar-refractivity contribution in [3.8, 4) is 50.4 Å². The van der Waals surface area contributed by atoms with Crippen LogP contribution in [0.1, 0.15) is 146 Å². The number of alkyl halides is 8. The molecule has 0 atom stereocenters. The van der Waals surface area contributed by atoms with E-state index in [1.807, 2.05) is 84.9 Å². The second-order valence-electron chi connectivity index (χ2n) is 36.9. The van der Waals surface area contributed by atoms with Crippen molar-refractivity contribution >= 4 is 17.4 Å². The van der Waals surface area contributed by atoms with Crippen molar-refractivity contribution < 1.29 is 67.6 Å². The van der Waals surface area contributed by atoms with E-state index in [4.69, 9.17) is 35.3 Å². The molecule has 5 aliphatic rings. The number of halogens is 11. The highest BCUT2D eigenvalue weighted by molar-refractivity contribution is 6.33. The molecule has 136 heavy (non-hydrogen) atoms. The van der Waals surface area contributed by atoms with E-state index >= 15 is 0 Å². The van der Waals surface area contributed by atoms with Gasteiger partial charge in [0.1, 0.15) is 11.6 Å². The standard InChI is InChI=1S/C31H38F2N4O.C27H29F3N2O2.C26H26ClF3N2O.C26H28F2N2O/c1-30(32,33)28-19-24(22-38-23-31(9-12-34-13-10-31)27-6-4-3-5-7-27)18-26(20-28)25-8-11-35-29(21-25)37-16-14-36(2)15-17-37;1-26(29,30)22-13-19(12-20(14-22)23-15-25(33-2)32-16-24(23)28)17-34-18-27(8-10-31-11-9-27)21-6-4-3-5-7-21;1-25(29,30)21-12-18(11-19(13-21)22-14-24(28)32-15-23(22)27)16-33-17-26(7-9-31-10-8-26)20-5-3-2-4-6-20;1-25(27,28)24-16-20(15-22(17-24)21-7-11-29-12-8-21)18-31-19-26(9-13-30-14-10-26)23-5-3-2-4-6-23/h3-8,11,18-21,34H,9-10,12-17,22-23H2,1-2H3;3-7,12-16,31H,8-11,17-18H2,1-2H3;2-6,11-15,31H,7-10,16-17H2,1H3;2-8,11-12,15-17,30H,9-10,13-14,18-19H2,1H3. The number of nitrogens with zero attached hydrogens (tertiary/aromatic N) is 6. The van der Waals surface area contributed by atoms with Crippen LogP contribution in [0, 0.1) is 11.8 Å². The zero-order chi connectivity index (χ0) is 96.0. The summed E-state index contributed by atoms with van der Waals surface area (Å²) in [6.07, 6.45) is 15.0. The van der Waals surface area contributed by atoms with Gasteiger partial charge in [-0.2, -0.15) is 4.39 Å². The zero-order valence-corrected chi connectivity index (χ0v) is 78.8. The van der Waals surface area contributed by atoms with Crippen molar-refractivity contribution in [2.45, 2.75) is 151 Å². The molecule has 0 aliphatic carbocycles. The van der Waals surface area contributed by atoms with Gasteiger partial charge in [0.25, 0.3) is 23.7 Å². The molecule has 4 N–H and O–H groups in total. The van der Waals surface area contributed by atoms with E-state index in [9.17, 15) is 43.9 Å². The monoisotopic (exact) mass is 1890 g/mol. The molecule has 0 bridgehead atoms. The second kappa shape index (κ2) is 46.1. The molecule has 718 valence electrons. The van der Waals surface area contributed by atoms with Gasteiger partial charge < -0.3 is 54.8 Å². The van der Waals surface area contributed by atoms with E-state index in [0.717, 1.165) is 209 Å². The number of nitrogens with one attached hydrogen (secondary N) is 4. The van der Waals surface area contributed by atoms with Crippen LogP contribution in [0.2, 0.25) is 5.02 Å². The quantitative estimate of drug-likeness (QED) is 0.0249. The highest BCUT2D eigenvalue weighted by atomic mass is 35.5. The van der Waals surface area contributed by atoms with Crippen molar-refractivity contribution in [2.24, 2.45) is 0 Å². The van der Waals surface area contributed by atoms with Crippen LogP contribution in [0.4, 0.5) is 49.7 Å². The first-order valence-electron chi connectivity index (χ1n) is 46.6. The number of rotatable bonds is 30. The van der Waals surface area contributed by atoms with E-state index in [-0.39, 0.29) is 80.2 Å². The van der Waals surface area contributed by atoms with Crippen LogP contribution >= 0.6 is 11.6 Å². The SMILES string of the molecule is CC(F)(F)c1cc(COCC2(c3ccccc3)CCNCC2)cc(-c2cc(F)ncc2Cl)c1.CC(F)(F)c1cc(COCC2(c3ccccc3)CCNCC2)cc(-c2ccncc2)c1.CN1CCN(c2cc(-c3cc(COCC4(c5ccccc5)CCNCC4)cc(C(C)(F)F)c3)ccn2)CC1.COc1cc(-c2cc(COCC3(c4ccccc4)CCNCC3)cc(C(C)(F)F)c2)c(F)cn1. The minimum absolute atomic E-state index is 0.0000475. The lowest BCUT2D eigenvalue weighted by molar-refractivity contribution is 0.0163. The minimum atomic E-state index is -3.08. The molecule has 9 heterocycles. The molecular weight excluding hydrogens is 1770 g/mol. The first-order chi connectivity index (χ1) is 65.4. The first kappa shape index (κ1) is 101. The number of likely N-dealkylation sites (N-methyl/N-ethyl adjacent to an activating group) is 1. The summed E-state index contributed by atoms with van der Waals surface area (Å²) in [7, 11) is 3.54. The average molecular weight is 1890 g/mol. The summed E-state index contributed by atoms with van der Waals surface area (Å²) >= 11 is 6.19. The van der Waals surface area contributed by atoms with Gasteiger partial charge in [0.2, 0.25) is 11.8 Å². The highest BCUT2D eigenvalue weighted by Gasteiger charge is 2.40. The molecule has 17 rings (SSSR count). The normalized spacial score (nSPS) is 16.7. The fourth-order valence-electron chi connectivity index (χ4n) is 18.8. The molecule has 0 unspecified atom stereocenters. The van der Waals surface area contributed by atoms with E-state index in [2.05, 4.69) is 131 Å². The summed E-state index contributed by atoms with van der Waals surface area (Å²) in [5.74, 6) is -12.3. The first-order valence-corrected chi connectivity index (χ1v) is 47.0. The number of hydrogen-bond donors (Lipinski definition) is 4. The largest absolute Gasteiger partial charge is 0.481 e. The Balaban J connectivity index is 0.000000145. The maximum Gasteiger partial charge on any atom is 0.270 e. The molecule has 5 fully saturated rings. The van der Waals surface area contributed by atoms with Crippen LogP contribution in [-0.4, -0.2) is 144 Å². The zero-order valence-electron chi connectivity index (χ0n) is 78.0. The van der Waals surface area contributed by atoms with Crippen LogP contribution in [0.3, 0.4) is 0 Å². The third kappa shape index (κ3) is 27.0. The van der Waals surface area contributed by atoms with Crippen molar-refractivity contribution in [3.05, 3.63) is 345 Å². The Hall–Kier alpha value is -10.8. The third-order valence-electron chi connectivity index (χ3n) is 26.8. The van der Waals surface area contributed by atoms with Crippen LogP contribution < -0.4 is 30.9 Å². The van der Waals surface area contributed by atoms with Crippen LogP contribution in [0.5, 0.6) is 5.88 Å². The summed E-state index contributed by atoms with van der Waals surface area (Å²) < 4.78 is 173. The summed E-state index contributed by atoms with van der Waals surface area (Å²) in [5.41, 5.74) is 11.4. The van der Waals surface area contributed by atoms with E-state index in [0.29, 0.717) is 60.9 Å². The number of ether oxygens (including phenoxy) is 5. The van der Waals surface area contributed by atoms with Gasteiger partial charge in [-0.15, -0.1) is 0 Å². The van der Waals surface area contributed by atoms with Crippen molar-refractivity contribution in [3.63, 3.8) is 0 Å². The van der Waals surface area contributed by atoms with E-state index in [1.54, 1.807) is 55.0 Å². The van der Waals surface area contributed by atoms with Gasteiger partial charge in [-0.3, -0.25) is 4.98 Å². The Labute approximate surface area is 796 Å². The summed E-state index contributed by atoms with van der Waals surface area (Å²) in [5, 5.41) is 13.8. The second-order valence-corrected chi connectivity index (χ2v) is 37.3. The Morgan fingerprint density at radius 3 is 1.04 bits per heavy atom. The van der Waals surface area contributed by atoms with Gasteiger partial charge in [0.15, 0.2) is 0 Å². The summed E-state index contributed by atoms with van der Waals surface area (Å²) in [6, 6.07) is 70.8. The number of anilines is 1. The Kier molecular flexibility index (Phi) is 34.3. The van der Waals surface area contributed by atoms with Crippen LogP contribution in [0.15, 0.2) is 262 Å². The van der Waals surface area contributed by atoms with Gasteiger partial charge in [-0.1, -0.05) is 133 Å². The molecule has 4 aromatic heterocycles. The smallest absolute Gasteiger partial charge is 0.270 e. The Bertz CT molecular complexity index is 5810. The number of benzene rings is 8. The number of aromatic nitrogens is 4. The van der Waals surface area contributed by atoms with Crippen molar-refractivity contribution in [1.29, 1.82) is 0 Å². The van der Waals surface area contributed by atoms with Gasteiger partial charge >= 0.3 is 0 Å². The molecule has 26 heteroatoms. The topological polar surface area (TPSA) is 152 Å². The fraction of sp³-hybridized carbons (Fsp3) is 0.382. The highest BCUT2D eigenvalue weighted by Crippen LogP contribution is 2.44. The molecule has 0 amide bonds. The van der Waals surface area contributed by atoms with E-state index < -0.39 is 35.5 Å². The third-order valence-corrected chi connectivity index (χ3v) is 27.1. The molecule has 12 aromatic rings. The number of piperazine rings is 1. The maximum atomic E-state index is 14.6. The Morgan fingerprint density at radius 2 is 0.684 bits per heavy atom. The number of piperidine rings is 4. The summed E-state index contributed by atoms with van der Waals surface area (Å²) in [4.78, 5) is 20.5. The number of pyridine rings is 4. The summed E-state index contributed by atoms with van der Waals surface area (Å²) in [6.45, 7) is 17.6. The Morgan fingerprint density at radius 1 is 0.353 bits per heavy atom. The van der Waals surface area contributed by atoms with Gasteiger partial charge in [0.05, 0.1) is 71.2 Å². The predicted molar refractivity (Wildman–Crippen MR) is 518 cm³/mol. The fourth-order valence-corrected chi connectivity index (χ4v) is 19.0. The molecule has 5 saturated heterocycles. The van der Waals surface area contributed by atoms with Crippen molar-refractivity contribution in [2.75, 3.05) is 124 Å². The number of methoxy groups -OCH3 is 1. The molecule has 0 radical (unpaired) electrons. The van der Waals surface area contributed by atoms with Gasteiger partial charge in [-0.05, 0) is 286 Å². The average Bonchev–Trinajstić information content (AvgIpc) is 0.790. The lowest BCUT2D eigenvalue weighted by atomic mass is 9.74. The molecular formula is C110H121ClF10N10O5.